The highest BCUT2D eigenvalue weighted by atomic mass is 32.1. The minimum Gasteiger partial charge on any atom is -0.444 e. The number of benzene rings is 1. The van der Waals surface area contributed by atoms with E-state index >= 15 is 0 Å². The van der Waals surface area contributed by atoms with Crippen LogP contribution in [0.3, 0.4) is 0 Å². The average molecular weight is 441 g/mol. The van der Waals surface area contributed by atoms with E-state index in [9.17, 15) is 9.59 Å². The molecule has 1 atom stereocenters. The number of aryl methyl sites for hydroxylation is 2. The summed E-state index contributed by atoms with van der Waals surface area (Å²) in [6, 6.07) is 6.86. The van der Waals surface area contributed by atoms with Gasteiger partial charge in [0.1, 0.15) is 11.6 Å². The van der Waals surface area contributed by atoms with Crippen LogP contribution in [0.15, 0.2) is 30.5 Å². The molecule has 8 heteroatoms. The highest BCUT2D eigenvalue weighted by molar-refractivity contribution is 7.17. The normalized spacial score (nSPS) is 14.7. The number of anilines is 1. The molecule has 0 spiro atoms. The largest absolute Gasteiger partial charge is 0.444 e. The molecule has 31 heavy (non-hydrogen) atoms. The first-order chi connectivity index (χ1) is 14.7. The first kappa shape index (κ1) is 21.4. The first-order valence-corrected chi connectivity index (χ1v) is 11.4. The van der Waals surface area contributed by atoms with Crippen LogP contribution in [0.5, 0.6) is 0 Å². The predicted molar refractivity (Wildman–Crippen MR) is 123 cm³/mol. The molecule has 1 aliphatic rings. The SMILES string of the molecule is C[C@H](NC(=O)OC(C)(C)C)C(=O)Nc1ccc(-c2cn3c4c(sc3n2)CCCC4)cc1. The number of rotatable bonds is 4. The zero-order chi connectivity index (χ0) is 22.2. The summed E-state index contributed by atoms with van der Waals surface area (Å²) in [4.78, 5) is 31.5. The minimum absolute atomic E-state index is 0.312. The van der Waals surface area contributed by atoms with Crippen LogP contribution in [-0.2, 0) is 22.4 Å². The summed E-state index contributed by atoms with van der Waals surface area (Å²) in [6.45, 7) is 6.94. The molecule has 2 heterocycles. The molecule has 2 aromatic heterocycles. The molecule has 7 nitrogen and oxygen atoms in total. The third kappa shape index (κ3) is 4.90. The number of hydrogen-bond donors (Lipinski definition) is 2. The van der Waals surface area contributed by atoms with Gasteiger partial charge in [0.25, 0.3) is 0 Å². The Bertz CT molecular complexity index is 1110. The number of carbonyl (C=O) groups is 2. The second-order valence-electron chi connectivity index (χ2n) is 8.89. The molecule has 1 aliphatic carbocycles. The van der Waals surface area contributed by atoms with Gasteiger partial charge in [0.05, 0.1) is 5.69 Å². The number of aromatic nitrogens is 2. The number of nitrogens with one attached hydrogen (secondary N) is 2. The van der Waals surface area contributed by atoms with E-state index in [0.29, 0.717) is 5.69 Å². The molecule has 0 unspecified atom stereocenters. The van der Waals surface area contributed by atoms with E-state index in [-0.39, 0.29) is 5.91 Å². The zero-order valence-electron chi connectivity index (χ0n) is 18.3. The standard InChI is InChI=1S/C23H28N4O3S/c1-14(24-22(29)30-23(2,3)4)20(28)25-16-11-9-15(10-12-16)17-13-27-18-7-5-6-8-19(18)31-21(27)26-17/h9-14H,5-8H2,1-4H3,(H,24,29)(H,25,28)/t14-/m0/s1. The van der Waals surface area contributed by atoms with Gasteiger partial charge in [0.2, 0.25) is 5.91 Å². The molecule has 0 saturated heterocycles. The Kier molecular flexibility index (Phi) is 5.75. The van der Waals surface area contributed by atoms with Gasteiger partial charge in [-0.1, -0.05) is 12.1 Å². The Morgan fingerprint density at radius 2 is 1.87 bits per heavy atom. The molecule has 2 amide bonds. The van der Waals surface area contributed by atoms with Crippen LogP contribution in [0, 0.1) is 0 Å². The fourth-order valence-corrected chi connectivity index (χ4v) is 4.82. The number of imidazole rings is 1. The minimum atomic E-state index is -0.722. The molecule has 164 valence electrons. The molecule has 3 aromatic rings. The van der Waals surface area contributed by atoms with E-state index < -0.39 is 17.7 Å². The maximum absolute atomic E-state index is 12.4. The fraction of sp³-hybridized carbons (Fsp3) is 0.435. The second kappa shape index (κ2) is 8.34. The van der Waals surface area contributed by atoms with Crippen LogP contribution in [0.1, 0.15) is 51.1 Å². The van der Waals surface area contributed by atoms with E-state index in [1.807, 2.05) is 24.3 Å². The van der Waals surface area contributed by atoms with Crippen molar-refractivity contribution in [2.75, 3.05) is 5.32 Å². The first-order valence-electron chi connectivity index (χ1n) is 10.6. The van der Waals surface area contributed by atoms with Crippen molar-refractivity contribution in [3.63, 3.8) is 0 Å². The molecule has 0 fully saturated rings. The number of alkyl carbamates (subject to hydrolysis) is 1. The number of fused-ring (bicyclic) bond motifs is 3. The lowest BCUT2D eigenvalue weighted by Gasteiger charge is -2.21. The Hall–Kier alpha value is -2.87. The van der Waals surface area contributed by atoms with Crippen molar-refractivity contribution in [3.05, 3.63) is 41.0 Å². The molecule has 4 rings (SSSR count). The molecular formula is C23H28N4O3S. The number of carbonyl (C=O) groups excluding carboxylic acids is 2. The van der Waals surface area contributed by atoms with Crippen molar-refractivity contribution in [1.29, 1.82) is 0 Å². The van der Waals surface area contributed by atoms with E-state index in [2.05, 4.69) is 21.2 Å². The lowest BCUT2D eigenvalue weighted by molar-refractivity contribution is -0.117. The summed E-state index contributed by atoms with van der Waals surface area (Å²) in [5.41, 5.74) is 3.37. The molecular weight excluding hydrogens is 412 g/mol. The number of hydrogen-bond acceptors (Lipinski definition) is 5. The van der Waals surface area contributed by atoms with Gasteiger partial charge < -0.3 is 15.4 Å². The fourth-order valence-electron chi connectivity index (χ4n) is 3.63. The van der Waals surface area contributed by atoms with E-state index in [1.54, 1.807) is 39.0 Å². The smallest absolute Gasteiger partial charge is 0.408 e. The van der Waals surface area contributed by atoms with Gasteiger partial charge in [-0.25, -0.2) is 9.78 Å². The molecule has 0 saturated carbocycles. The van der Waals surface area contributed by atoms with Crippen LogP contribution >= 0.6 is 11.3 Å². The summed E-state index contributed by atoms with van der Waals surface area (Å²) < 4.78 is 7.42. The predicted octanol–water partition coefficient (Wildman–Crippen LogP) is 4.79. The topological polar surface area (TPSA) is 84.7 Å². The quantitative estimate of drug-likeness (QED) is 0.611. The second-order valence-corrected chi connectivity index (χ2v) is 9.95. The van der Waals surface area contributed by atoms with Crippen molar-refractivity contribution in [3.8, 4) is 11.3 Å². The van der Waals surface area contributed by atoms with Crippen LogP contribution in [0.4, 0.5) is 10.5 Å². The summed E-state index contributed by atoms with van der Waals surface area (Å²) >= 11 is 1.79. The third-order valence-corrected chi connectivity index (χ3v) is 6.30. The average Bonchev–Trinajstić information content (AvgIpc) is 3.25. The van der Waals surface area contributed by atoms with Gasteiger partial charge in [0, 0.05) is 28.0 Å². The molecule has 0 radical (unpaired) electrons. The van der Waals surface area contributed by atoms with E-state index in [0.717, 1.165) is 29.1 Å². The number of ether oxygens (including phenoxy) is 1. The number of amides is 2. The lowest BCUT2D eigenvalue weighted by Crippen LogP contribution is -2.43. The van der Waals surface area contributed by atoms with Gasteiger partial charge >= 0.3 is 6.09 Å². The maximum Gasteiger partial charge on any atom is 0.408 e. The Morgan fingerprint density at radius 3 is 2.58 bits per heavy atom. The zero-order valence-corrected chi connectivity index (χ0v) is 19.1. The maximum atomic E-state index is 12.4. The van der Waals surface area contributed by atoms with Gasteiger partial charge in [-0.3, -0.25) is 9.20 Å². The lowest BCUT2D eigenvalue weighted by atomic mass is 10.0. The monoisotopic (exact) mass is 440 g/mol. The summed E-state index contributed by atoms with van der Waals surface area (Å²) in [6.07, 6.45) is 6.27. The van der Waals surface area contributed by atoms with Crippen molar-refractivity contribution in [2.45, 2.75) is 65.0 Å². The van der Waals surface area contributed by atoms with Gasteiger partial charge in [-0.05, 0) is 65.5 Å². The molecule has 2 N–H and O–H groups in total. The van der Waals surface area contributed by atoms with Crippen molar-refractivity contribution >= 4 is 34.0 Å². The van der Waals surface area contributed by atoms with Crippen LogP contribution in [0.2, 0.25) is 0 Å². The summed E-state index contributed by atoms with van der Waals surface area (Å²) in [7, 11) is 0. The van der Waals surface area contributed by atoms with Gasteiger partial charge in [-0.2, -0.15) is 0 Å². The van der Waals surface area contributed by atoms with Crippen LogP contribution < -0.4 is 10.6 Å². The van der Waals surface area contributed by atoms with Crippen molar-refractivity contribution < 1.29 is 14.3 Å². The Morgan fingerprint density at radius 1 is 1.16 bits per heavy atom. The molecule has 1 aromatic carbocycles. The van der Waals surface area contributed by atoms with Crippen molar-refractivity contribution in [1.82, 2.24) is 14.7 Å². The van der Waals surface area contributed by atoms with Gasteiger partial charge in [-0.15, -0.1) is 11.3 Å². The molecule has 0 bridgehead atoms. The van der Waals surface area contributed by atoms with E-state index in [1.165, 1.54) is 23.4 Å². The highest BCUT2D eigenvalue weighted by Gasteiger charge is 2.21. The molecule has 0 aliphatic heterocycles. The number of nitrogens with zero attached hydrogens (tertiary/aromatic N) is 2. The summed E-state index contributed by atoms with van der Waals surface area (Å²) in [5.74, 6) is -0.312. The van der Waals surface area contributed by atoms with Crippen LogP contribution in [-0.4, -0.2) is 33.0 Å². The Balaban J connectivity index is 1.40. The number of thiazole rings is 1. The Labute approximate surface area is 185 Å². The van der Waals surface area contributed by atoms with E-state index in [4.69, 9.17) is 9.72 Å². The highest BCUT2D eigenvalue weighted by Crippen LogP contribution is 2.32. The summed E-state index contributed by atoms with van der Waals surface area (Å²) in [5, 5.41) is 5.36. The third-order valence-electron chi connectivity index (χ3n) is 5.14. The van der Waals surface area contributed by atoms with Crippen LogP contribution in [0.25, 0.3) is 16.2 Å². The van der Waals surface area contributed by atoms with Crippen molar-refractivity contribution in [2.24, 2.45) is 0 Å². The van der Waals surface area contributed by atoms with Gasteiger partial charge in [0.15, 0.2) is 4.96 Å².